The first-order valence-corrected chi connectivity index (χ1v) is 6.24. The molecular weight excluding hydrogens is 220 g/mol. The SMILES string of the molecule is CC1OCCC1N(C)C(=O)COC1(C)CNC1. The van der Waals surface area contributed by atoms with Crippen LogP contribution in [0, 0.1) is 0 Å². The largest absolute Gasteiger partial charge is 0.376 e. The van der Waals surface area contributed by atoms with E-state index in [0.717, 1.165) is 26.1 Å². The number of rotatable bonds is 4. The van der Waals surface area contributed by atoms with E-state index < -0.39 is 0 Å². The molecular formula is C12H22N2O3. The second-order valence-corrected chi connectivity index (χ2v) is 5.28. The maximum atomic E-state index is 12.0. The molecule has 0 radical (unpaired) electrons. The van der Waals surface area contributed by atoms with Crippen molar-refractivity contribution in [1.82, 2.24) is 10.2 Å². The van der Waals surface area contributed by atoms with Gasteiger partial charge in [-0.1, -0.05) is 0 Å². The Morgan fingerprint density at radius 3 is 2.76 bits per heavy atom. The quantitative estimate of drug-likeness (QED) is 0.754. The van der Waals surface area contributed by atoms with Gasteiger partial charge >= 0.3 is 0 Å². The first kappa shape index (κ1) is 12.8. The summed E-state index contributed by atoms with van der Waals surface area (Å²) in [7, 11) is 1.84. The van der Waals surface area contributed by atoms with Crippen molar-refractivity contribution < 1.29 is 14.3 Å². The summed E-state index contributed by atoms with van der Waals surface area (Å²) in [4.78, 5) is 13.8. The lowest BCUT2D eigenvalue weighted by atomic mass is 10.0. The molecule has 2 rings (SSSR count). The zero-order valence-electron chi connectivity index (χ0n) is 10.9. The Morgan fingerprint density at radius 2 is 2.29 bits per heavy atom. The highest BCUT2D eigenvalue weighted by Crippen LogP contribution is 2.19. The van der Waals surface area contributed by atoms with Crippen molar-refractivity contribution in [2.45, 2.75) is 38.0 Å². The fourth-order valence-corrected chi connectivity index (χ4v) is 2.33. The van der Waals surface area contributed by atoms with Crippen LogP contribution < -0.4 is 5.32 Å². The van der Waals surface area contributed by atoms with Crippen LogP contribution >= 0.6 is 0 Å². The molecule has 2 fully saturated rings. The van der Waals surface area contributed by atoms with E-state index in [1.165, 1.54) is 0 Å². The average Bonchev–Trinajstić information content (AvgIpc) is 2.68. The maximum Gasteiger partial charge on any atom is 0.248 e. The normalized spacial score (nSPS) is 31.0. The minimum Gasteiger partial charge on any atom is -0.376 e. The summed E-state index contributed by atoms with van der Waals surface area (Å²) < 4.78 is 11.1. The molecule has 0 aromatic rings. The van der Waals surface area contributed by atoms with Crippen LogP contribution in [0.1, 0.15) is 20.3 Å². The van der Waals surface area contributed by atoms with Crippen molar-refractivity contribution in [3.05, 3.63) is 0 Å². The second kappa shape index (κ2) is 4.92. The highest BCUT2D eigenvalue weighted by Gasteiger charge is 2.35. The Hall–Kier alpha value is -0.650. The molecule has 1 amide bonds. The van der Waals surface area contributed by atoms with Gasteiger partial charge in [0.25, 0.3) is 0 Å². The summed E-state index contributed by atoms with van der Waals surface area (Å²) in [5.41, 5.74) is -0.158. The predicted molar refractivity (Wildman–Crippen MR) is 63.8 cm³/mol. The number of nitrogens with zero attached hydrogens (tertiary/aromatic N) is 1. The molecule has 98 valence electrons. The number of amides is 1. The lowest BCUT2D eigenvalue weighted by Crippen LogP contribution is -2.60. The van der Waals surface area contributed by atoms with E-state index in [9.17, 15) is 4.79 Å². The number of ether oxygens (including phenoxy) is 2. The van der Waals surface area contributed by atoms with E-state index in [2.05, 4.69) is 5.32 Å². The predicted octanol–water partition coefficient (Wildman–Crippen LogP) is 0.000700. The molecule has 0 bridgehead atoms. The van der Waals surface area contributed by atoms with Crippen LogP contribution in [0.4, 0.5) is 0 Å². The van der Waals surface area contributed by atoms with Crippen LogP contribution in [0.5, 0.6) is 0 Å². The summed E-state index contributed by atoms with van der Waals surface area (Å²) in [6, 6.07) is 0.193. The Morgan fingerprint density at radius 1 is 1.59 bits per heavy atom. The number of carbonyl (C=O) groups is 1. The molecule has 0 aromatic heterocycles. The lowest BCUT2D eigenvalue weighted by Gasteiger charge is -2.39. The molecule has 1 N–H and O–H groups in total. The maximum absolute atomic E-state index is 12.0. The summed E-state index contributed by atoms with van der Waals surface area (Å²) in [5, 5.41) is 3.15. The van der Waals surface area contributed by atoms with Crippen molar-refractivity contribution in [1.29, 1.82) is 0 Å². The van der Waals surface area contributed by atoms with Gasteiger partial charge in [0.1, 0.15) is 6.61 Å². The summed E-state index contributed by atoms with van der Waals surface area (Å²) in [5.74, 6) is 0.0421. The monoisotopic (exact) mass is 242 g/mol. The Labute approximate surface area is 102 Å². The molecule has 2 saturated heterocycles. The number of hydrogen-bond donors (Lipinski definition) is 1. The van der Waals surface area contributed by atoms with Crippen LogP contribution in [0.3, 0.4) is 0 Å². The number of hydrogen-bond acceptors (Lipinski definition) is 4. The van der Waals surface area contributed by atoms with E-state index in [1.54, 1.807) is 4.90 Å². The minimum absolute atomic E-state index is 0.0421. The van der Waals surface area contributed by atoms with Gasteiger partial charge in [-0.25, -0.2) is 0 Å². The summed E-state index contributed by atoms with van der Waals surface area (Å²) >= 11 is 0. The molecule has 2 heterocycles. The van der Waals surface area contributed by atoms with E-state index in [1.807, 2.05) is 20.9 Å². The first-order chi connectivity index (χ1) is 8.02. The highest BCUT2D eigenvalue weighted by molar-refractivity contribution is 5.77. The van der Waals surface area contributed by atoms with Crippen molar-refractivity contribution in [2.75, 3.05) is 33.4 Å². The van der Waals surface area contributed by atoms with Gasteiger partial charge in [-0.2, -0.15) is 0 Å². The van der Waals surface area contributed by atoms with Crippen LogP contribution in [-0.2, 0) is 14.3 Å². The van der Waals surface area contributed by atoms with Gasteiger partial charge in [0.15, 0.2) is 0 Å². The standard InChI is InChI=1S/C12H22N2O3/c1-9-10(4-5-16-9)14(3)11(15)6-17-12(2)7-13-8-12/h9-10,13H,4-8H2,1-3H3. The van der Waals surface area contributed by atoms with Gasteiger partial charge in [-0.05, 0) is 20.3 Å². The fourth-order valence-electron chi connectivity index (χ4n) is 2.33. The van der Waals surface area contributed by atoms with Crippen LogP contribution in [0.15, 0.2) is 0 Å². The van der Waals surface area contributed by atoms with Gasteiger partial charge in [0.2, 0.25) is 5.91 Å². The van der Waals surface area contributed by atoms with E-state index in [0.29, 0.717) is 0 Å². The van der Waals surface area contributed by atoms with Crippen LogP contribution in [0.2, 0.25) is 0 Å². The Balaban J connectivity index is 1.78. The van der Waals surface area contributed by atoms with Gasteiger partial charge < -0.3 is 19.7 Å². The molecule has 2 unspecified atom stereocenters. The smallest absolute Gasteiger partial charge is 0.248 e. The van der Waals surface area contributed by atoms with Gasteiger partial charge in [-0.15, -0.1) is 0 Å². The molecule has 0 spiro atoms. The third kappa shape index (κ3) is 2.78. The topological polar surface area (TPSA) is 50.8 Å². The molecule has 0 saturated carbocycles. The molecule has 2 atom stereocenters. The molecule has 0 aromatic carbocycles. The van der Waals surface area contributed by atoms with Crippen LogP contribution in [0.25, 0.3) is 0 Å². The molecule has 5 nitrogen and oxygen atoms in total. The van der Waals surface area contributed by atoms with E-state index in [4.69, 9.17) is 9.47 Å². The van der Waals surface area contributed by atoms with Crippen molar-refractivity contribution in [3.63, 3.8) is 0 Å². The molecule has 2 aliphatic rings. The molecule has 2 aliphatic heterocycles. The number of carbonyl (C=O) groups excluding carboxylic acids is 1. The first-order valence-electron chi connectivity index (χ1n) is 6.24. The summed E-state index contributed by atoms with van der Waals surface area (Å²) in [6.45, 7) is 6.60. The van der Waals surface area contributed by atoms with E-state index in [-0.39, 0.29) is 30.3 Å². The van der Waals surface area contributed by atoms with Crippen molar-refractivity contribution >= 4 is 5.91 Å². The fraction of sp³-hybridized carbons (Fsp3) is 0.917. The summed E-state index contributed by atoms with van der Waals surface area (Å²) in [6.07, 6.45) is 1.05. The minimum atomic E-state index is -0.158. The average molecular weight is 242 g/mol. The van der Waals surface area contributed by atoms with Crippen molar-refractivity contribution in [3.8, 4) is 0 Å². The van der Waals surface area contributed by atoms with Gasteiger partial charge in [0, 0.05) is 26.7 Å². The van der Waals surface area contributed by atoms with Crippen molar-refractivity contribution in [2.24, 2.45) is 0 Å². The van der Waals surface area contributed by atoms with Crippen LogP contribution in [-0.4, -0.2) is 61.9 Å². The molecule has 17 heavy (non-hydrogen) atoms. The number of nitrogens with one attached hydrogen (secondary N) is 1. The zero-order valence-corrected chi connectivity index (χ0v) is 10.9. The number of likely N-dealkylation sites (N-methyl/N-ethyl adjacent to an activating group) is 1. The lowest BCUT2D eigenvalue weighted by molar-refractivity contribution is -0.147. The highest BCUT2D eigenvalue weighted by atomic mass is 16.5. The Kier molecular flexibility index (Phi) is 3.70. The molecule has 5 heteroatoms. The van der Waals surface area contributed by atoms with Gasteiger partial charge in [0.05, 0.1) is 17.7 Å². The third-order valence-corrected chi connectivity index (χ3v) is 3.77. The molecule has 0 aliphatic carbocycles. The zero-order chi connectivity index (χ0) is 12.5. The van der Waals surface area contributed by atoms with E-state index >= 15 is 0 Å². The van der Waals surface area contributed by atoms with Gasteiger partial charge in [-0.3, -0.25) is 4.79 Å². The third-order valence-electron chi connectivity index (χ3n) is 3.77. The Bertz CT molecular complexity index is 291. The second-order valence-electron chi connectivity index (χ2n) is 5.28.